The molecule has 2 rings (SSSR count). The van der Waals surface area contributed by atoms with Crippen LogP contribution >= 0.6 is 0 Å². The van der Waals surface area contributed by atoms with Crippen molar-refractivity contribution < 1.29 is 18.7 Å². The third kappa shape index (κ3) is 4.37. The highest BCUT2D eigenvalue weighted by Gasteiger charge is 2.17. The molecular formula is C18H24N2O4. The zero-order valence-electron chi connectivity index (χ0n) is 14.5. The fourth-order valence-corrected chi connectivity index (χ4v) is 2.45. The smallest absolute Gasteiger partial charge is 0.176 e. The molecule has 1 aromatic heterocycles. The summed E-state index contributed by atoms with van der Waals surface area (Å²) in [5.41, 5.74) is 0.583. The molecular weight excluding hydrogens is 308 g/mol. The van der Waals surface area contributed by atoms with Gasteiger partial charge < -0.3 is 19.2 Å². The van der Waals surface area contributed by atoms with Crippen LogP contribution in [0.15, 0.2) is 41.0 Å². The van der Waals surface area contributed by atoms with Gasteiger partial charge in [-0.1, -0.05) is 0 Å². The van der Waals surface area contributed by atoms with E-state index >= 15 is 0 Å². The Morgan fingerprint density at radius 3 is 2.54 bits per heavy atom. The molecule has 2 aromatic rings. The molecule has 1 N–H and O–H groups in total. The van der Waals surface area contributed by atoms with E-state index in [0.29, 0.717) is 23.6 Å². The maximum Gasteiger partial charge on any atom is 0.176 e. The summed E-state index contributed by atoms with van der Waals surface area (Å²) in [6, 6.07) is 9.03. The molecule has 130 valence electrons. The van der Waals surface area contributed by atoms with Gasteiger partial charge in [-0.05, 0) is 44.4 Å². The van der Waals surface area contributed by atoms with Crippen molar-refractivity contribution in [3.63, 3.8) is 0 Å². The normalized spacial score (nSPS) is 12.2. The molecule has 0 aliphatic rings. The molecule has 0 amide bonds. The van der Waals surface area contributed by atoms with Gasteiger partial charge in [-0.2, -0.15) is 0 Å². The van der Waals surface area contributed by atoms with Crippen LogP contribution in [0.3, 0.4) is 0 Å². The number of furan rings is 1. The van der Waals surface area contributed by atoms with Gasteiger partial charge in [0.1, 0.15) is 5.76 Å². The van der Waals surface area contributed by atoms with Crippen molar-refractivity contribution in [2.24, 2.45) is 0 Å². The summed E-state index contributed by atoms with van der Waals surface area (Å²) < 4.78 is 15.9. The van der Waals surface area contributed by atoms with Crippen LogP contribution in [0.2, 0.25) is 0 Å². The lowest BCUT2D eigenvalue weighted by molar-refractivity contribution is 0.0987. The van der Waals surface area contributed by atoms with E-state index < -0.39 is 0 Å². The number of nitrogens with one attached hydrogen (secondary N) is 1. The highest BCUT2D eigenvalue weighted by atomic mass is 16.5. The maximum atomic E-state index is 12.4. The molecule has 0 fully saturated rings. The van der Waals surface area contributed by atoms with E-state index in [2.05, 4.69) is 5.32 Å². The van der Waals surface area contributed by atoms with Crippen LogP contribution in [-0.2, 0) is 0 Å². The molecule has 0 aliphatic carbocycles. The van der Waals surface area contributed by atoms with Gasteiger partial charge in [-0.25, -0.2) is 0 Å². The Morgan fingerprint density at radius 1 is 1.21 bits per heavy atom. The van der Waals surface area contributed by atoms with Gasteiger partial charge in [0.15, 0.2) is 17.3 Å². The second-order valence-electron chi connectivity index (χ2n) is 5.62. The minimum Gasteiger partial charge on any atom is -0.493 e. The van der Waals surface area contributed by atoms with E-state index in [-0.39, 0.29) is 18.4 Å². The molecule has 6 heteroatoms. The Morgan fingerprint density at radius 2 is 1.96 bits per heavy atom. The molecule has 1 unspecified atom stereocenters. The zero-order chi connectivity index (χ0) is 17.5. The second kappa shape index (κ2) is 8.52. The van der Waals surface area contributed by atoms with Crippen LogP contribution < -0.4 is 14.8 Å². The number of nitrogens with zero attached hydrogens (tertiary/aromatic N) is 1. The SMILES string of the molecule is COc1ccc(C(=O)CNCC(c2ccco2)N(C)C)cc1OC. The van der Waals surface area contributed by atoms with Crippen molar-refractivity contribution in [3.8, 4) is 11.5 Å². The lowest BCUT2D eigenvalue weighted by Crippen LogP contribution is -2.33. The number of methoxy groups -OCH3 is 2. The molecule has 0 bridgehead atoms. The third-order valence-corrected chi connectivity index (χ3v) is 3.82. The zero-order valence-corrected chi connectivity index (χ0v) is 14.5. The van der Waals surface area contributed by atoms with Crippen molar-refractivity contribution >= 4 is 5.78 Å². The summed E-state index contributed by atoms with van der Waals surface area (Å²) in [5, 5.41) is 3.20. The topological polar surface area (TPSA) is 63.9 Å². The summed E-state index contributed by atoms with van der Waals surface area (Å²) >= 11 is 0. The van der Waals surface area contributed by atoms with E-state index in [1.165, 1.54) is 0 Å². The van der Waals surface area contributed by atoms with E-state index in [9.17, 15) is 4.79 Å². The Labute approximate surface area is 142 Å². The molecule has 0 saturated carbocycles. The largest absolute Gasteiger partial charge is 0.493 e. The highest BCUT2D eigenvalue weighted by Crippen LogP contribution is 2.27. The maximum absolute atomic E-state index is 12.4. The van der Waals surface area contributed by atoms with E-state index in [1.54, 1.807) is 38.7 Å². The molecule has 0 radical (unpaired) electrons. The van der Waals surface area contributed by atoms with Gasteiger partial charge in [0.25, 0.3) is 0 Å². The van der Waals surface area contributed by atoms with Crippen LogP contribution in [0.5, 0.6) is 11.5 Å². The molecule has 1 aromatic carbocycles. The van der Waals surface area contributed by atoms with E-state index in [4.69, 9.17) is 13.9 Å². The van der Waals surface area contributed by atoms with Gasteiger partial charge in [0.05, 0.1) is 33.1 Å². The fourth-order valence-electron chi connectivity index (χ4n) is 2.45. The van der Waals surface area contributed by atoms with Crippen molar-refractivity contribution in [2.45, 2.75) is 6.04 Å². The van der Waals surface area contributed by atoms with Crippen molar-refractivity contribution in [1.82, 2.24) is 10.2 Å². The quantitative estimate of drug-likeness (QED) is 0.711. The van der Waals surface area contributed by atoms with Gasteiger partial charge in [-0.15, -0.1) is 0 Å². The highest BCUT2D eigenvalue weighted by molar-refractivity contribution is 5.98. The van der Waals surface area contributed by atoms with Crippen LogP contribution in [0.1, 0.15) is 22.2 Å². The Balaban J connectivity index is 1.95. The average Bonchev–Trinajstić information content (AvgIpc) is 3.11. The number of rotatable bonds is 9. The third-order valence-electron chi connectivity index (χ3n) is 3.82. The lowest BCUT2D eigenvalue weighted by Gasteiger charge is -2.22. The standard InChI is InChI=1S/C18H24N2O4/c1-20(2)14(16-6-5-9-24-16)11-19-12-15(21)13-7-8-17(22-3)18(10-13)23-4/h5-10,14,19H,11-12H2,1-4H3. The number of carbonyl (C=O) groups excluding carboxylic acids is 1. The van der Waals surface area contributed by atoms with Crippen molar-refractivity contribution in [1.29, 1.82) is 0 Å². The van der Waals surface area contributed by atoms with Crippen LogP contribution in [0, 0.1) is 0 Å². The van der Waals surface area contributed by atoms with Crippen LogP contribution in [0.25, 0.3) is 0 Å². The number of carbonyl (C=O) groups is 1. The first-order valence-electron chi connectivity index (χ1n) is 7.72. The molecule has 1 atom stereocenters. The number of hydrogen-bond acceptors (Lipinski definition) is 6. The average molecular weight is 332 g/mol. The first kappa shape index (κ1) is 18.0. The minimum absolute atomic E-state index is 0.00657. The first-order valence-corrected chi connectivity index (χ1v) is 7.72. The first-order chi connectivity index (χ1) is 11.6. The van der Waals surface area contributed by atoms with Gasteiger partial charge in [0, 0.05) is 12.1 Å². The van der Waals surface area contributed by atoms with Crippen LogP contribution in [-0.4, -0.2) is 52.1 Å². The molecule has 0 aliphatic heterocycles. The molecule has 24 heavy (non-hydrogen) atoms. The number of likely N-dealkylation sites (N-methyl/N-ethyl adjacent to an activating group) is 1. The van der Waals surface area contributed by atoms with Gasteiger partial charge >= 0.3 is 0 Å². The van der Waals surface area contributed by atoms with Crippen molar-refractivity contribution in [2.75, 3.05) is 41.4 Å². The number of Topliss-reactive ketones (excluding diaryl/α,β-unsaturated/α-hetero) is 1. The Hall–Kier alpha value is -2.31. The van der Waals surface area contributed by atoms with Gasteiger partial charge in [-0.3, -0.25) is 9.69 Å². The summed E-state index contributed by atoms with van der Waals surface area (Å²) in [7, 11) is 7.07. The molecule has 6 nitrogen and oxygen atoms in total. The number of benzene rings is 1. The Bertz CT molecular complexity index is 653. The van der Waals surface area contributed by atoms with Gasteiger partial charge in [0.2, 0.25) is 0 Å². The predicted molar refractivity (Wildman–Crippen MR) is 91.9 cm³/mol. The molecule has 0 saturated heterocycles. The Kier molecular flexibility index (Phi) is 6.40. The van der Waals surface area contributed by atoms with E-state index in [1.807, 2.05) is 31.1 Å². The number of ether oxygens (including phenoxy) is 2. The number of hydrogen-bond donors (Lipinski definition) is 1. The van der Waals surface area contributed by atoms with E-state index in [0.717, 1.165) is 5.76 Å². The minimum atomic E-state index is -0.00657. The number of ketones is 1. The fraction of sp³-hybridized carbons (Fsp3) is 0.389. The molecule has 0 spiro atoms. The summed E-state index contributed by atoms with van der Waals surface area (Å²) in [4.78, 5) is 14.4. The molecule has 1 heterocycles. The summed E-state index contributed by atoms with van der Waals surface area (Å²) in [5.74, 6) is 2.01. The monoisotopic (exact) mass is 332 g/mol. The predicted octanol–water partition coefficient (Wildman–Crippen LogP) is 2.37. The summed E-state index contributed by atoms with van der Waals surface area (Å²) in [6.45, 7) is 0.847. The second-order valence-corrected chi connectivity index (χ2v) is 5.62. The van der Waals surface area contributed by atoms with Crippen LogP contribution in [0.4, 0.5) is 0 Å². The summed E-state index contributed by atoms with van der Waals surface area (Å²) in [6.07, 6.45) is 1.65. The lowest BCUT2D eigenvalue weighted by atomic mass is 10.1. The van der Waals surface area contributed by atoms with Crippen molar-refractivity contribution in [3.05, 3.63) is 47.9 Å².